The van der Waals surface area contributed by atoms with Gasteiger partial charge < -0.3 is 20.7 Å². The zero-order valence-electron chi connectivity index (χ0n) is 15.9. The summed E-state index contributed by atoms with van der Waals surface area (Å²) in [6.45, 7) is 3.54. The average Bonchev–Trinajstić information content (AvgIpc) is 2.65. The Hall–Kier alpha value is -3.12. The maximum absolute atomic E-state index is 13.9. The van der Waals surface area contributed by atoms with Gasteiger partial charge >= 0.3 is 5.97 Å². The molecule has 0 radical (unpaired) electrons. The zero-order chi connectivity index (χ0) is 20.7. The predicted octanol–water partition coefficient (Wildman–Crippen LogP) is 4.57. The van der Waals surface area contributed by atoms with Crippen LogP contribution in [0.25, 0.3) is 5.57 Å². The second-order valence-corrected chi connectivity index (χ2v) is 6.30. The van der Waals surface area contributed by atoms with E-state index in [0.29, 0.717) is 40.2 Å². The summed E-state index contributed by atoms with van der Waals surface area (Å²) >= 11 is 0. The quantitative estimate of drug-likeness (QED) is 0.457. The molecule has 0 saturated carbocycles. The molecule has 0 unspecified atom stereocenters. The number of allylic oxidation sites excluding steroid dienone is 4. The summed E-state index contributed by atoms with van der Waals surface area (Å²) in [5.74, 6) is -0.480. The van der Waals surface area contributed by atoms with Gasteiger partial charge in [-0.3, -0.25) is 4.79 Å². The van der Waals surface area contributed by atoms with Crippen molar-refractivity contribution in [3.63, 3.8) is 0 Å². The van der Waals surface area contributed by atoms with Gasteiger partial charge in [-0.2, -0.15) is 0 Å². The van der Waals surface area contributed by atoms with Crippen LogP contribution < -0.4 is 10.5 Å². The summed E-state index contributed by atoms with van der Waals surface area (Å²) in [7, 11) is 0. The lowest BCUT2D eigenvalue weighted by molar-refractivity contribution is -0.136. The Morgan fingerprint density at radius 2 is 1.93 bits per heavy atom. The molecule has 0 spiro atoms. The molecule has 0 heterocycles. The standard InChI is InChI=1S/C22H24FNO4/c1-3-19(28-21-7-5-4-6-16(21)11-22(26)27)12-20(14(2)25)17-8-15(13-24)9-18(23)10-17/h4-10,12,25H,3,11,13,24H2,1-2H3,(H,26,27)/b19-12+,20-14-. The van der Waals surface area contributed by atoms with Crippen LogP contribution in [0.1, 0.15) is 37.0 Å². The molecule has 6 heteroatoms. The molecule has 0 fully saturated rings. The Morgan fingerprint density at radius 3 is 2.54 bits per heavy atom. The van der Waals surface area contributed by atoms with E-state index >= 15 is 0 Å². The molecule has 0 saturated heterocycles. The lowest BCUT2D eigenvalue weighted by Gasteiger charge is -2.14. The van der Waals surface area contributed by atoms with Crippen LogP contribution in [-0.4, -0.2) is 16.2 Å². The van der Waals surface area contributed by atoms with E-state index in [0.717, 1.165) is 0 Å². The number of carboxylic acids is 1. The first-order chi connectivity index (χ1) is 13.3. The summed E-state index contributed by atoms with van der Waals surface area (Å²) in [5, 5.41) is 19.2. The normalized spacial score (nSPS) is 12.5. The van der Waals surface area contributed by atoms with Crippen molar-refractivity contribution < 1.29 is 24.1 Å². The fourth-order valence-corrected chi connectivity index (χ4v) is 2.74. The van der Waals surface area contributed by atoms with Gasteiger partial charge in [-0.05, 0) is 48.4 Å². The van der Waals surface area contributed by atoms with E-state index in [4.69, 9.17) is 15.6 Å². The molecule has 0 amide bonds. The van der Waals surface area contributed by atoms with Crippen molar-refractivity contribution in [3.05, 3.63) is 82.6 Å². The third-order valence-corrected chi connectivity index (χ3v) is 4.10. The number of benzene rings is 2. The number of carbonyl (C=O) groups is 1. The van der Waals surface area contributed by atoms with Crippen LogP contribution in [-0.2, 0) is 17.8 Å². The molecule has 148 valence electrons. The SMILES string of the molecule is CC/C(=C\C(=C(/C)O)c1cc(F)cc(CN)c1)Oc1ccccc1CC(=O)O. The Balaban J connectivity index is 2.43. The Bertz CT molecular complexity index is 915. The van der Waals surface area contributed by atoms with Gasteiger partial charge in [-0.15, -0.1) is 0 Å². The molecule has 2 aromatic carbocycles. The summed E-state index contributed by atoms with van der Waals surface area (Å²) in [6.07, 6.45) is 1.94. The first-order valence-electron chi connectivity index (χ1n) is 8.91. The highest BCUT2D eigenvalue weighted by atomic mass is 19.1. The fraction of sp³-hybridized carbons (Fsp3) is 0.227. The third kappa shape index (κ3) is 5.69. The number of aliphatic hydroxyl groups is 1. The van der Waals surface area contributed by atoms with E-state index in [-0.39, 0.29) is 18.7 Å². The van der Waals surface area contributed by atoms with Gasteiger partial charge in [0.1, 0.15) is 17.3 Å². The van der Waals surface area contributed by atoms with Gasteiger partial charge in [0.15, 0.2) is 0 Å². The minimum atomic E-state index is -0.959. The second kappa shape index (κ2) is 9.71. The first-order valence-corrected chi connectivity index (χ1v) is 8.91. The van der Waals surface area contributed by atoms with Crippen molar-refractivity contribution in [3.8, 4) is 5.75 Å². The van der Waals surface area contributed by atoms with Crippen LogP contribution in [0.15, 0.2) is 60.1 Å². The van der Waals surface area contributed by atoms with E-state index in [2.05, 4.69) is 0 Å². The molecular formula is C22H24FNO4. The summed E-state index contributed by atoms with van der Waals surface area (Å²) < 4.78 is 19.8. The average molecular weight is 385 g/mol. The van der Waals surface area contributed by atoms with Gasteiger partial charge in [0.05, 0.1) is 12.2 Å². The van der Waals surface area contributed by atoms with Gasteiger partial charge in [-0.1, -0.05) is 25.1 Å². The minimum absolute atomic E-state index is 0.00180. The largest absolute Gasteiger partial charge is 0.512 e. The molecule has 28 heavy (non-hydrogen) atoms. The van der Waals surface area contributed by atoms with Crippen molar-refractivity contribution in [2.24, 2.45) is 5.73 Å². The van der Waals surface area contributed by atoms with Gasteiger partial charge in [0.25, 0.3) is 0 Å². The number of hydrogen-bond acceptors (Lipinski definition) is 4. The number of halogens is 1. The van der Waals surface area contributed by atoms with Crippen molar-refractivity contribution in [2.45, 2.75) is 33.2 Å². The molecule has 0 aliphatic heterocycles. The molecule has 2 aromatic rings. The molecule has 0 aliphatic carbocycles. The number of rotatable bonds is 8. The molecule has 0 aromatic heterocycles. The number of aliphatic hydroxyl groups excluding tert-OH is 1. The summed E-state index contributed by atoms with van der Waals surface area (Å²) in [4.78, 5) is 11.1. The molecule has 0 aliphatic rings. The Kier molecular flexibility index (Phi) is 7.35. The van der Waals surface area contributed by atoms with Gasteiger partial charge in [0.2, 0.25) is 0 Å². The van der Waals surface area contributed by atoms with E-state index in [1.165, 1.54) is 19.1 Å². The van der Waals surface area contributed by atoms with Crippen LogP contribution in [0.3, 0.4) is 0 Å². The number of carboxylic acid groups (broad SMARTS) is 1. The molecular weight excluding hydrogens is 361 g/mol. The zero-order valence-corrected chi connectivity index (χ0v) is 15.9. The van der Waals surface area contributed by atoms with Crippen LogP contribution in [0.2, 0.25) is 0 Å². The molecule has 0 atom stereocenters. The smallest absolute Gasteiger partial charge is 0.307 e. The van der Waals surface area contributed by atoms with Crippen molar-refractivity contribution in [1.82, 2.24) is 0 Å². The maximum atomic E-state index is 13.9. The molecule has 4 N–H and O–H groups in total. The van der Waals surface area contributed by atoms with Gasteiger partial charge in [0, 0.05) is 24.1 Å². The number of aliphatic carboxylic acids is 1. The van der Waals surface area contributed by atoms with Crippen LogP contribution in [0.5, 0.6) is 5.75 Å². The van der Waals surface area contributed by atoms with E-state index in [9.17, 15) is 14.3 Å². The summed E-state index contributed by atoms with van der Waals surface area (Å²) in [5.41, 5.74) is 7.64. The topological polar surface area (TPSA) is 92.8 Å². The highest BCUT2D eigenvalue weighted by Crippen LogP contribution is 2.27. The Morgan fingerprint density at radius 1 is 1.21 bits per heavy atom. The van der Waals surface area contributed by atoms with E-state index in [1.807, 2.05) is 6.92 Å². The fourth-order valence-electron chi connectivity index (χ4n) is 2.74. The molecule has 0 bridgehead atoms. The number of hydrogen-bond donors (Lipinski definition) is 3. The predicted molar refractivity (Wildman–Crippen MR) is 106 cm³/mol. The Labute approximate surface area is 163 Å². The number of ether oxygens (including phenoxy) is 1. The molecule has 2 rings (SSSR count). The van der Waals surface area contributed by atoms with Crippen LogP contribution >= 0.6 is 0 Å². The maximum Gasteiger partial charge on any atom is 0.307 e. The summed E-state index contributed by atoms with van der Waals surface area (Å²) in [6, 6.07) is 11.2. The highest BCUT2D eigenvalue weighted by molar-refractivity contribution is 5.76. The van der Waals surface area contributed by atoms with Gasteiger partial charge in [-0.25, -0.2) is 4.39 Å². The monoisotopic (exact) mass is 385 g/mol. The van der Waals surface area contributed by atoms with E-state index in [1.54, 1.807) is 36.4 Å². The van der Waals surface area contributed by atoms with Crippen molar-refractivity contribution in [2.75, 3.05) is 0 Å². The first kappa shape index (κ1) is 21.2. The number of para-hydroxylation sites is 1. The third-order valence-electron chi connectivity index (χ3n) is 4.10. The van der Waals surface area contributed by atoms with Crippen LogP contribution in [0.4, 0.5) is 4.39 Å². The van der Waals surface area contributed by atoms with Crippen molar-refractivity contribution >= 4 is 11.5 Å². The van der Waals surface area contributed by atoms with Crippen molar-refractivity contribution in [1.29, 1.82) is 0 Å². The minimum Gasteiger partial charge on any atom is -0.512 e. The molecule has 5 nitrogen and oxygen atoms in total. The van der Waals surface area contributed by atoms with Crippen LogP contribution in [0, 0.1) is 5.82 Å². The lowest BCUT2D eigenvalue weighted by Crippen LogP contribution is -2.04. The second-order valence-electron chi connectivity index (χ2n) is 6.30. The lowest BCUT2D eigenvalue weighted by atomic mass is 10.0. The highest BCUT2D eigenvalue weighted by Gasteiger charge is 2.12. The van der Waals surface area contributed by atoms with E-state index < -0.39 is 11.8 Å². The number of nitrogens with two attached hydrogens (primary N) is 1.